The molecule has 0 fully saturated rings. The van der Waals surface area contributed by atoms with E-state index in [1.807, 2.05) is 71.6 Å². The summed E-state index contributed by atoms with van der Waals surface area (Å²) in [6, 6.07) is 25.7. The Morgan fingerprint density at radius 2 is 1.29 bits per heavy atom. The van der Waals surface area contributed by atoms with E-state index in [2.05, 4.69) is 17.1 Å². The van der Waals surface area contributed by atoms with E-state index < -0.39 is 0 Å². The minimum absolute atomic E-state index is 0.436. The van der Waals surface area contributed by atoms with Crippen LogP contribution in [0.25, 0.3) is 0 Å². The van der Waals surface area contributed by atoms with Gasteiger partial charge in [0, 0.05) is 17.9 Å². The highest BCUT2D eigenvalue weighted by Crippen LogP contribution is 2.28. The minimum atomic E-state index is 0.436. The van der Waals surface area contributed by atoms with Crippen LogP contribution in [0, 0.1) is 0 Å². The zero-order chi connectivity index (χ0) is 19.8. The number of ether oxygens (including phenoxy) is 2. The maximum absolute atomic E-state index is 6.40. The Morgan fingerprint density at radius 1 is 0.786 bits per heavy atom. The SMILES string of the molecule is COc1ccc(N(C(N)=NCCc2ccccc2)c2ccc(OC)cc2)cc1. The second-order valence-electron chi connectivity index (χ2n) is 6.21. The van der Waals surface area contributed by atoms with E-state index in [1.165, 1.54) is 5.56 Å². The van der Waals surface area contributed by atoms with Gasteiger partial charge >= 0.3 is 0 Å². The Morgan fingerprint density at radius 3 is 1.75 bits per heavy atom. The van der Waals surface area contributed by atoms with Gasteiger partial charge in [0.2, 0.25) is 5.96 Å². The number of benzene rings is 3. The van der Waals surface area contributed by atoms with Crippen molar-refractivity contribution in [2.45, 2.75) is 6.42 Å². The number of nitrogens with zero attached hydrogens (tertiary/aromatic N) is 2. The van der Waals surface area contributed by atoms with Crippen LogP contribution < -0.4 is 20.1 Å². The van der Waals surface area contributed by atoms with Gasteiger partial charge in [0.1, 0.15) is 11.5 Å². The quantitative estimate of drug-likeness (QED) is 0.491. The number of guanidine groups is 1. The predicted molar refractivity (Wildman–Crippen MR) is 115 cm³/mol. The van der Waals surface area contributed by atoms with Crippen LogP contribution in [-0.2, 0) is 6.42 Å². The van der Waals surface area contributed by atoms with Crippen molar-refractivity contribution in [3.63, 3.8) is 0 Å². The van der Waals surface area contributed by atoms with E-state index in [9.17, 15) is 0 Å². The molecule has 3 rings (SSSR count). The summed E-state index contributed by atoms with van der Waals surface area (Å²) in [5.74, 6) is 2.02. The molecule has 0 aromatic heterocycles. The maximum Gasteiger partial charge on any atom is 0.200 e. The van der Waals surface area contributed by atoms with Crippen LogP contribution in [0.5, 0.6) is 11.5 Å². The molecule has 0 aliphatic heterocycles. The Balaban J connectivity index is 1.86. The molecule has 3 aromatic carbocycles. The lowest BCUT2D eigenvalue weighted by Gasteiger charge is -2.24. The number of anilines is 2. The van der Waals surface area contributed by atoms with Crippen molar-refractivity contribution in [3.8, 4) is 11.5 Å². The Kier molecular flexibility index (Phi) is 6.52. The van der Waals surface area contributed by atoms with Crippen molar-refractivity contribution in [2.75, 3.05) is 25.7 Å². The van der Waals surface area contributed by atoms with Crippen LogP contribution in [0.1, 0.15) is 5.56 Å². The zero-order valence-corrected chi connectivity index (χ0v) is 16.2. The third kappa shape index (κ3) is 4.82. The highest BCUT2D eigenvalue weighted by molar-refractivity contribution is 6.01. The maximum atomic E-state index is 6.40. The lowest BCUT2D eigenvalue weighted by atomic mass is 10.2. The fraction of sp³-hybridized carbons (Fsp3) is 0.174. The molecule has 0 atom stereocenters. The summed E-state index contributed by atoms with van der Waals surface area (Å²) >= 11 is 0. The Labute approximate surface area is 166 Å². The molecule has 0 aliphatic carbocycles. The van der Waals surface area contributed by atoms with Crippen molar-refractivity contribution < 1.29 is 9.47 Å². The Hall–Kier alpha value is -3.47. The first-order chi connectivity index (χ1) is 13.7. The van der Waals surface area contributed by atoms with Crippen LogP contribution in [-0.4, -0.2) is 26.7 Å². The fourth-order valence-corrected chi connectivity index (χ4v) is 2.89. The number of rotatable bonds is 7. The lowest BCUT2D eigenvalue weighted by Crippen LogP contribution is -2.33. The van der Waals surface area contributed by atoms with Crippen LogP contribution in [0.3, 0.4) is 0 Å². The molecule has 0 aliphatic rings. The smallest absolute Gasteiger partial charge is 0.200 e. The first kappa shape index (κ1) is 19.3. The monoisotopic (exact) mass is 375 g/mol. The van der Waals surface area contributed by atoms with Crippen LogP contribution in [0.4, 0.5) is 11.4 Å². The molecule has 28 heavy (non-hydrogen) atoms. The Bertz CT molecular complexity index is 844. The van der Waals surface area contributed by atoms with E-state index >= 15 is 0 Å². The molecule has 5 heteroatoms. The van der Waals surface area contributed by atoms with Gasteiger partial charge in [0.15, 0.2) is 0 Å². The molecule has 0 radical (unpaired) electrons. The normalized spacial score (nSPS) is 11.1. The minimum Gasteiger partial charge on any atom is -0.497 e. The third-order valence-electron chi connectivity index (χ3n) is 4.41. The van der Waals surface area contributed by atoms with Gasteiger partial charge in [-0.2, -0.15) is 0 Å². The molecule has 0 heterocycles. The van der Waals surface area contributed by atoms with E-state index in [0.717, 1.165) is 29.3 Å². The molecule has 0 spiro atoms. The highest BCUT2D eigenvalue weighted by atomic mass is 16.5. The first-order valence-electron chi connectivity index (χ1n) is 9.13. The number of hydrogen-bond donors (Lipinski definition) is 1. The molecule has 0 amide bonds. The van der Waals surface area contributed by atoms with E-state index in [0.29, 0.717) is 12.5 Å². The van der Waals surface area contributed by atoms with Gasteiger partial charge in [-0.05, 0) is 60.5 Å². The highest BCUT2D eigenvalue weighted by Gasteiger charge is 2.14. The second kappa shape index (κ2) is 9.46. The number of aliphatic imine (C=N–C) groups is 1. The van der Waals surface area contributed by atoms with Gasteiger partial charge in [0.05, 0.1) is 14.2 Å². The molecule has 0 saturated carbocycles. The largest absolute Gasteiger partial charge is 0.497 e. The van der Waals surface area contributed by atoms with Gasteiger partial charge in [-0.3, -0.25) is 9.89 Å². The summed E-state index contributed by atoms with van der Waals surface area (Å²) in [7, 11) is 3.30. The summed E-state index contributed by atoms with van der Waals surface area (Å²) in [5.41, 5.74) is 9.45. The van der Waals surface area contributed by atoms with Crippen molar-refractivity contribution in [3.05, 3.63) is 84.4 Å². The number of nitrogens with two attached hydrogens (primary N) is 1. The van der Waals surface area contributed by atoms with E-state index in [1.54, 1.807) is 14.2 Å². The third-order valence-corrected chi connectivity index (χ3v) is 4.41. The van der Waals surface area contributed by atoms with E-state index in [4.69, 9.17) is 15.2 Å². The lowest BCUT2D eigenvalue weighted by molar-refractivity contribution is 0.415. The predicted octanol–water partition coefficient (Wildman–Crippen LogP) is 4.40. The number of hydrogen-bond acceptors (Lipinski definition) is 3. The van der Waals surface area contributed by atoms with Crippen molar-refractivity contribution in [1.29, 1.82) is 0 Å². The molecule has 3 aromatic rings. The molecular formula is C23H25N3O2. The molecule has 0 bridgehead atoms. The van der Waals surface area contributed by atoms with Crippen LogP contribution in [0.15, 0.2) is 83.9 Å². The van der Waals surface area contributed by atoms with Crippen LogP contribution >= 0.6 is 0 Å². The summed E-state index contributed by atoms with van der Waals surface area (Å²) in [6.07, 6.45) is 0.834. The fourth-order valence-electron chi connectivity index (χ4n) is 2.89. The zero-order valence-electron chi connectivity index (χ0n) is 16.2. The van der Waals surface area contributed by atoms with Crippen LogP contribution in [0.2, 0.25) is 0 Å². The van der Waals surface area contributed by atoms with E-state index in [-0.39, 0.29) is 0 Å². The van der Waals surface area contributed by atoms with Gasteiger partial charge in [-0.15, -0.1) is 0 Å². The topological polar surface area (TPSA) is 60.1 Å². The number of methoxy groups -OCH3 is 2. The molecule has 0 saturated heterocycles. The van der Waals surface area contributed by atoms with Gasteiger partial charge in [-0.25, -0.2) is 0 Å². The summed E-state index contributed by atoms with van der Waals surface area (Å²) < 4.78 is 10.5. The van der Waals surface area contributed by atoms with Gasteiger partial charge in [0.25, 0.3) is 0 Å². The average Bonchev–Trinajstić information content (AvgIpc) is 2.76. The standard InChI is InChI=1S/C23H25N3O2/c1-27-21-12-8-19(9-13-21)26(20-10-14-22(28-2)15-11-20)23(24)25-17-16-18-6-4-3-5-7-18/h3-15H,16-17H2,1-2H3,(H2,24,25). The molecule has 0 unspecified atom stereocenters. The summed E-state index contributed by atoms with van der Waals surface area (Å²) in [6.45, 7) is 0.610. The summed E-state index contributed by atoms with van der Waals surface area (Å²) in [4.78, 5) is 6.54. The first-order valence-corrected chi connectivity index (χ1v) is 9.13. The molecular weight excluding hydrogens is 350 g/mol. The van der Waals surface area contributed by atoms with Crippen molar-refractivity contribution in [1.82, 2.24) is 0 Å². The van der Waals surface area contributed by atoms with Gasteiger partial charge in [-0.1, -0.05) is 30.3 Å². The van der Waals surface area contributed by atoms with Gasteiger partial charge < -0.3 is 15.2 Å². The summed E-state index contributed by atoms with van der Waals surface area (Å²) in [5, 5.41) is 0. The average molecular weight is 375 g/mol. The molecule has 5 nitrogen and oxygen atoms in total. The van der Waals surface area contributed by atoms with Crippen molar-refractivity contribution >= 4 is 17.3 Å². The molecule has 2 N–H and O–H groups in total. The molecule has 144 valence electrons. The second-order valence-corrected chi connectivity index (χ2v) is 6.21. The van der Waals surface area contributed by atoms with Crippen molar-refractivity contribution in [2.24, 2.45) is 10.7 Å².